The van der Waals surface area contributed by atoms with Crippen molar-refractivity contribution in [1.82, 2.24) is 10.2 Å². The molecule has 0 unspecified atom stereocenters. The van der Waals surface area contributed by atoms with Crippen molar-refractivity contribution >= 4 is 11.8 Å². The quantitative estimate of drug-likeness (QED) is 0.603. The molecule has 5 nitrogen and oxygen atoms in total. The van der Waals surface area contributed by atoms with Gasteiger partial charge in [0.15, 0.2) is 0 Å². The number of amides is 2. The van der Waals surface area contributed by atoms with Gasteiger partial charge in [0.1, 0.15) is 0 Å². The highest BCUT2D eigenvalue weighted by molar-refractivity contribution is 6.02. The van der Waals surface area contributed by atoms with Gasteiger partial charge in [-0.05, 0) is 47.1 Å². The molecule has 19 heavy (non-hydrogen) atoms. The molecule has 0 aromatic rings. The van der Waals surface area contributed by atoms with Gasteiger partial charge < -0.3 is 0 Å². The van der Waals surface area contributed by atoms with E-state index in [2.05, 4.69) is 11.4 Å². The van der Waals surface area contributed by atoms with Gasteiger partial charge in [-0.2, -0.15) is 5.26 Å². The van der Waals surface area contributed by atoms with Gasteiger partial charge in [0.2, 0.25) is 11.8 Å². The maximum absolute atomic E-state index is 11.8. The normalized spacial score (nSPS) is 19.9. The van der Waals surface area contributed by atoms with Gasteiger partial charge in [-0.15, -0.1) is 0 Å². The molecule has 0 saturated carbocycles. The molecule has 5 heteroatoms. The lowest BCUT2D eigenvalue weighted by atomic mass is 9.89. The third-order valence-electron chi connectivity index (χ3n) is 3.72. The topological polar surface area (TPSA) is 73.2 Å². The summed E-state index contributed by atoms with van der Waals surface area (Å²) < 4.78 is 0. The average molecular weight is 265 g/mol. The predicted molar refractivity (Wildman–Crippen MR) is 72.0 cm³/mol. The summed E-state index contributed by atoms with van der Waals surface area (Å²) in [4.78, 5) is 25.1. The molecule has 0 aromatic carbocycles. The Bertz CT molecular complexity index is 407. The smallest absolute Gasteiger partial charge is 0.246 e. The third kappa shape index (κ3) is 4.03. The highest BCUT2D eigenvalue weighted by Gasteiger charge is 2.40. The fourth-order valence-electron chi connectivity index (χ4n) is 2.12. The number of imide groups is 1. The summed E-state index contributed by atoms with van der Waals surface area (Å²) in [6.45, 7) is 8.47. The van der Waals surface area contributed by atoms with Crippen molar-refractivity contribution in [1.29, 1.82) is 5.26 Å². The fourth-order valence-corrected chi connectivity index (χ4v) is 2.12. The number of carbonyl (C=O) groups excluding carboxylic acids is 2. The van der Waals surface area contributed by atoms with Crippen molar-refractivity contribution in [3.05, 3.63) is 0 Å². The molecule has 0 aromatic heterocycles. The minimum Gasteiger partial charge on any atom is -0.294 e. The first-order chi connectivity index (χ1) is 8.69. The van der Waals surface area contributed by atoms with Crippen molar-refractivity contribution in [3.63, 3.8) is 0 Å². The highest BCUT2D eigenvalue weighted by atomic mass is 16.2. The van der Waals surface area contributed by atoms with E-state index in [9.17, 15) is 9.59 Å². The standard InChI is InChI=1S/C14H23N3O2/c1-13(2,10-15)7-5-6-8-17-9-11(18)16-12(19)14(17,3)4/h5-9H2,1-4H3,(H,16,18,19). The van der Waals surface area contributed by atoms with Crippen LogP contribution in [0.2, 0.25) is 0 Å². The van der Waals surface area contributed by atoms with E-state index in [-0.39, 0.29) is 23.8 Å². The Labute approximate surface area is 115 Å². The van der Waals surface area contributed by atoms with E-state index in [1.165, 1.54) is 0 Å². The first-order valence-electron chi connectivity index (χ1n) is 6.70. The van der Waals surface area contributed by atoms with E-state index < -0.39 is 5.54 Å². The van der Waals surface area contributed by atoms with E-state index in [0.717, 1.165) is 19.3 Å². The fraction of sp³-hybridized carbons (Fsp3) is 0.786. The van der Waals surface area contributed by atoms with E-state index in [4.69, 9.17) is 5.26 Å². The predicted octanol–water partition coefficient (Wildman–Crippen LogP) is 1.44. The molecule has 1 fully saturated rings. The van der Waals surface area contributed by atoms with Crippen LogP contribution < -0.4 is 5.32 Å². The molecule has 1 heterocycles. The van der Waals surface area contributed by atoms with Gasteiger partial charge >= 0.3 is 0 Å². The Kier molecular flexibility index (Phi) is 4.70. The van der Waals surface area contributed by atoms with Crippen LogP contribution in [0.15, 0.2) is 0 Å². The Morgan fingerprint density at radius 1 is 1.37 bits per heavy atom. The molecule has 0 atom stereocenters. The van der Waals surface area contributed by atoms with E-state index in [1.807, 2.05) is 32.6 Å². The highest BCUT2D eigenvalue weighted by Crippen LogP contribution is 2.23. The summed E-state index contributed by atoms with van der Waals surface area (Å²) in [6, 6.07) is 2.28. The monoisotopic (exact) mass is 265 g/mol. The van der Waals surface area contributed by atoms with Crippen LogP contribution in [0.5, 0.6) is 0 Å². The molecule has 106 valence electrons. The van der Waals surface area contributed by atoms with E-state index in [1.54, 1.807) is 0 Å². The number of piperazine rings is 1. The number of nitriles is 1. The number of hydrogen-bond donors (Lipinski definition) is 1. The summed E-state index contributed by atoms with van der Waals surface area (Å²) in [5.74, 6) is -0.470. The van der Waals surface area contributed by atoms with Crippen LogP contribution in [0.3, 0.4) is 0 Å². The maximum atomic E-state index is 11.8. The second kappa shape index (κ2) is 5.70. The summed E-state index contributed by atoms with van der Waals surface area (Å²) in [5.41, 5.74) is -0.941. The summed E-state index contributed by atoms with van der Waals surface area (Å²) in [6.07, 6.45) is 2.63. The van der Waals surface area contributed by atoms with Crippen molar-refractivity contribution in [2.24, 2.45) is 5.41 Å². The van der Waals surface area contributed by atoms with Gasteiger partial charge in [0.25, 0.3) is 0 Å². The molecular weight excluding hydrogens is 242 g/mol. The molecule has 1 saturated heterocycles. The molecule has 1 N–H and O–H groups in total. The van der Waals surface area contributed by atoms with Crippen LogP contribution in [0.25, 0.3) is 0 Å². The van der Waals surface area contributed by atoms with Gasteiger partial charge in [-0.25, -0.2) is 0 Å². The first-order valence-corrected chi connectivity index (χ1v) is 6.70. The molecule has 0 spiro atoms. The van der Waals surface area contributed by atoms with Crippen LogP contribution in [-0.4, -0.2) is 35.3 Å². The minimum absolute atomic E-state index is 0.235. The molecular formula is C14H23N3O2. The van der Waals surface area contributed by atoms with Gasteiger partial charge in [0.05, 0.1) is 23.6 Å². The largest absolute Gasteiger partial charge is 0.294 e. The van der Waals surface area contributed by atoms with Crippen LogP contribution in [0.4, 0.5) is 0 Å². The van der Waals surface area contributed by atoms with Crippen LogP contribution >= 0.6 is 0 Å². The zero-order valence-electron chi connectivity index (χ0n) is 12.2. The second-order valence-electron chi connectivity index (χ2n) is 6.31. The van der Waals surface area contributed by atoms with Gasteiger partial charge in [-0.3, -0.25) is 19.8 Å². The number of unbranched alkanes of at least 4 members (excludes halogenated alkanes) is 1. The molecule has 0 bridgehead atoms. The Morgan fingerprint density at radius 2 is 2.00 bits per heavy atom. The van der Waals surface area contributed by atoms with E-state index in [0.29, 0.717) is 6.54 Å². The van der Waals surface area contributed by atoms with Crippen LogP contribution in [0.1, 0.15) is 47.0 Å². The number of nitrogens with one attached hydrogen (secondary N) is 1. The molecule has 1 rings (SSSR count). The van der Waals surface area contributed by atoms with Crippen molar-refractivity contribution in [2.75, 3.05) is 13.1 Å². The van der Waals surface area contributed by atoms with Crippen molar-refractivity contribution in [2.45, 2.75) is 52.5 Å². The number of nitrogens with zero attached hydrogens (tertiary/aromatic N) is 2. The summed E-state index contributed by atoms with van der Waals surface area (Å²) >= 11 is 0. The van der Waals surface area contributed by atoms with Crippen LogP contribution in [-0.2, 0) is 9.59 Å². The third-order valence-corrected chi connectivity index (χ3v) is 3.72. The molecule has 1 aliphatic heterocycles. The maximum Gasteiger partial charge on any atom is 0.246 e. The Morgan fingerprint density at radius 3 is 2.58 bits per heavy atom. The number of hydrogen-bond acceptors (Lipinski definition) is 4. The van der Waals surface area contributed by atoms with Gasteiger partial charge in [0, 0.05) is 0 Å². The van der Waals surface area contributed by atoms with Gasteiger partial charge in [-0.1, -0.05) is 6.42 Å². The van der Waals surface area contributed by atoms with Crippen molar-refractivity contribution < 1.29 is 9.59 Å². The number of carbonyl (C=O) groups is 2. The zero-order valence-corrected chi connectivity index (χ0v) is 12.2. The summed E-state index contributed by atoms with van der Waals surface area (Å²) in [5, 5.41) is 11.3. The lowest BCUT2D eigenvalue weighted by Gasteiger charge is -2.40. The minimum atomic E-state index is -0.640. The molecule has 2 amide bonds. The zero-order chi connectivity index (χ0) is 14.7. The molecule has 0 aliphatic carbocycles. The van der Waals surface area contributed by atoms with Crippen molar-refractivity contribution in [3.8, 4) is 6.07 Å². The molecule has 1 aliphatic rings. The lowest BCUT2D eigenvalue weighted by molar-refractivity contribution is -0.145. The Hall–Kier alpha value is -1.41. The average Bonchev–Trinajstić information content (AvgIpc) is 2.31. The second-order valence-corrected chi connectivity index (χ2v) is 6.31. The Balaban J connectivity index is 2.46. The van der Waals surface area contributed by atoms with Crippen LogP contribution in [0, 0.1) is 16.7 Å². The SMILES string of the molecule is CC(C)(C#N)CCCCN1CC(=O)NC(=O)C1(C)C. The molecule has 0 radical (unpaired) electrons. The first kappa shape index (κ1) is 15.6. The lowest BCUT2D eigenvalue weighted by Crippen LogP contribution is -2.64. The number of rotatable bonds is 5. The summed E-state index contributed by atoms with van der Waals surface area (Å²) in [7, 11) is 0. The van der Waals surface area contributed by atoms with E-state index >= 15 is 0 Å².